The number of hydrogen-bond donors (Lipinski definition) is 1. The highest BCUT2D eigenvalue weighted by Crippen LogP contribution is 2.31. The highest BCUT2D eigenvalue weighted by Gasteiger charge is 2.28. The van der Waals surface area contributed by atoms with Crippen molar-refractivity contribution in [2.45, 2.75) is 24.8 Å². The lowest BCUT2D eigenvalue weighted by atomic mass is 10.0. The van der Waals surface area contributed by atoms with E-state index >= 15 is 0 Å². The molecule has 0 amide bonds. The number of rotatable bonds is 2. The molecule has 1 aromatic heterocycles. The predicted molar refractivity (Wildman–Crippen MR) is 75.8 cm³/mol. The van der Waals surface area contributed by atoms with Gasteiger partial charge in [0.2, 0.25) is 5.95 Å². The van der Waals surface area contributed by atoms with Crippen LogP contribution in [0.4, 0.5) is 10.3 Å². The second kappa shape index (κ2) is 5.11. The van der Waals surface area contributed by atoms with E-state index in [9.17, 15) is 4.39 Å². The fourth-order valence-corrected chi connectivity index (χ4v) is 3.05. The van der Waals surface area contributed by atoms with Crippen molar-refractivity contribution in [3.8, 4) is 0 Å². The molecule has 4 rings (SSSR count). The zero-order chi connectivity index (χ0) is 14.2. The molecule has 0 aliphatic carbocycles. The first-order valence-corrected chi connectivity index (χ1v) is 7.35. The van der Waals surface area contributed by atoms with Gasteiger partial charge in [-0.05, 0) is 30.5 Å². The molecule has 3 heterocycles. The van der Waals surface area contributed by atoms with Crippen LogP contribution >= 0.6 is 0 Å². The van der Waals surface area contributed by atoms with E-state index in [0.717, 1.165) is 43.3 Å². The molecule has 21 heavy (non-hydrogen) atoms. The minimum atomic E-state index is -0.211. The zero-order valence-corrected chi connectivity index (χ0v) is 11.6. The van der Waals surface area contributed by atoms with E-state index in [4.69, 9.17) is 4.74 Å². The van der Waals surface area contributed by atoms with Crippen molar-refractivity contribution in [2.24, 2.45) is 0 Å². The van der Waals surface area contributed by atoms with Gasteiger partial charge in [0.05, 0.1) is 12.6 Å². The van der Waals surface area contributed by atoms with E-state index in [-0.39, 0.29) is 17.8 Å². The highest BCUT2D eigenvalue weighted by atomic mass is 19.1. The van der Waals surface area contributed by atoms with Gasteiger partial charge in [0, 0.05) is 19.1 Å². The maximum Gasteiger partial charge on any atom is 0.221 e. The summed E-state index contributed by atoms with van der Waals surface area (Å²) in [7, 11) is 0. The molecule has 2 atom stereocenters. The quantitative estimate of drug-likeness (QED) is 0.921. The number of halogens is 1. The predicted octanol–water partition coefficient (Wildman–Crippen LogP) is 2.33. The van der Waals surface area contributed by atoms with Crippen LogP contribution in [-0.2, 0) is 4.74 Å². The molecule has 1 saturated heterocycles. The van der Waals surface area contributed by atoms with Gasteiger partial charge in [0.1, 0.15) is 5.82 Å². The second-order valence-electron chi connectivity index (χ2n) is 5.58. The molecule has 1 N–H and O–H groups in total. The van der Waals surface area contributed by atoms with Crippen LogP contribution in [0.3, 0.4) is 0 Å². The van der Waals surface area contributed by atoms with Gasteiger partial charge < -0.3 is 10.1 Å². The monoisotopic (exact) mass is 288 g/mol. The second-order valence-corrected chi connectivity index (χ2v) is 5.58. The van der Waals surface area contributed by atoms with Gasteiger partial charge in [-0.25, -0.2) is 9.07 Å². The normalized spacial score (nSPS) is 24.6. The van der Waals surface area contributed by atoms with Gasteiger partial charge in [-0.2, -0.15) is 10.1 Å². The van der Waals surface area contributed by atoms with Crippen LogP contribution in [0.25, 0.3) is 0 Å². The van der Waals surface area contributed by atoms with Crippen molar-refractivity contribution in [3.63, 3.8) is 0 Å². The lowest BCUT2D eigenvalue weighted by molar-refractivity contribution is 0.193. The summed E-state index contributed by atoms with van der Waals surface area (Å²) in [6, 6.07) is 6.78. The van der Waals surface area contributed by atoms with Crippen molar-refractivity contribution in [1.82, 2.24) is 14.8 Å². The minimum absolute atomic E-state index is 0.0421. The van der Waals surface area contributed by atoms with Crippen LogP contribution in [0.5, 0.6) is 0 Å². The SMILES string of the molecule is Fc1cccc(C2CCNc3nc(C4CCOC4)nn32)c1. The fraction of sp³-hybridized carbons (Fsp3) is 0.467. The van der Waals surface area contributed by atoms with E-state index in [1.165, 1.54) is 6.07 Å². The summed E-state index contributed by atoms with van der Waals surface area (Å²) in [5.41, 5.74) is 0.942. The number of nitrogens with zero attached hydrogens (tertiary/aromatic N) is 3. The van der Waals surface area contributed by atoms with Crippen LogP contribution in [0.1, 0.15) is 36.2 Å². The summed E-state index contributed by atoms with van der Waals surface area (Å²) < 4.78 is 20.8. The maximum atomic E-state index is 13.5. The molecule has 2 aromatic rings. The minimum Gasteiger partial charge on any atom is -0.381 e. The van der Waals surface area contributed by atoms with Gasteiger partial charge >= 0.3 is 0 Å². The molecular weight excluding hydrogens is 271 g/mol. The van der Waals surface area contributed by atoms with Gasteiger partial charge in [-0.15, -0.1) is 0 Å². The first-order valence-electron chi connectivity index (χ1n) is 7.35. The van der Waals surface area contributed by atoms with Crippen molar-refractivity contribution >= 4 is 5.95 Å². The van der Waals surface area contributed by atoms with Crippen LogP contribution < -0.4 is 5.32 Å². The Kier molecular flexibility index (Phi) is 3.11. The number of anilines is 1. The van der Waals surface area contributed by atoms with E-state index in [2.05, 4.69) is 15.4 Å². The van der Waals surface area contributed by atoms with Crippen molar-refractivity contribution < 1.29 is 9.13 Å². The highest BCUT2D eigenvalue weighted by molar-refractivity contribution is 5.33. The molecule has 0 spiro atoms. The third-order valence-corrected chi connectivity index (χ3v) is 4.17. The van der Waals surface area contributed by atoms with Crippen LogP contribution in [0.15, 0.2) is 24.3 Å². The standard InChI is InChI=1S/C15H17FN4O/c16-12-3-1-2-10(8-12)13-4-6-17-15-18-14(19-20(13)15)11-5-7-21-9-11/h1-3,8,11,13H,4-7,9H2,(H,17,18,19). The molecule has 110 valence electrons. The summed E-state index contributed by atoms with van der Waals surface area (Å²) in [6.45, 7) is 2.28. The van der Waals surface area contributed by atoms with Crippen LogP contribution in [-0.4, -0.2) is 34.5 Å². The summed E-state index contributed by atoms with van der Waals surface area (Å²) in [5.74, 6) is 1.67. The lowest BCUT2D eigenvalue weighted by Crippen LogP contribution is -2.24. The molecule has 0 bridgehead atoms. The Morgan fingerprint density at radius 3 is 3.10 bits per heavy atom. The molecule has 5 nitrogen and oxygen atoms in total. The number of hydrogen-bond acceptors (Lipinski definition) is 4. The Hall–Kier alpha value is -1.95. The molecule has 2 aliphatic heterocycles. The first kappa shape index (κ1) is 12.8. The summed E-state index contributed by atoms with van der Waals surface area (Å²) in [4.78, 5) is 4.60. The molecule has 1 fully saturated rings. The average Bonchev–Trinajstić information content (AvgIpc) is 3.15. The molecule has 0 saturated carbocycles. The third-order valence-electron chi connectivity index (χ3n) is 4.17. The topological polar surface area (TPSA) is 52.0 Å². The van der Waals surface area contributed by atoms with Gasteiger partial charge in [0.15, 0.2) is 5.82 Å². The Labute approximate surface area is 122 Å². The van der Waals surface area contributed by atoms with E-state index < -0.39 is 0 Å². The number of fused-ring (bicyclic) bond motifs is 1. The Morgan fingerprint density at radius 2 is 2.29 bits per heavy atom. The van der Waals surface area contributed by atoms with Crippen LogP contribution in [0, 0.1) is 5.82 Å². The Balaban J connectivity index is 1.70. The molecule has 0 radical (unpaired) electrons. The first-order chi connectivity index (χ1) is 10.3. The molecule has 2 aliphatic rings. The summed E-state index contributed by atoms with van der Waals surface area (Å²) in [5, 5.41) is 7.94. The van der Waals surface area contributed by atoms with E-state index in [0.29, 0.717) is 6.61 Å². The molecule has 2 unspecified atom stereocenters. The van der Waals surface area contributed by atoms with Crippen molar-refractivity contribution in [2.75, 3.05) is 25.1 Å². The Morgan fingerprint density at radius 1 is 1.33 bits per heavy atom. The number of aromatic nitrogens is 3. The van der Waals surface area contributed by atoms with Crippen LogP contribution in [0.2, 0.25) is 0 Å². The Bertz CT molecular complexity index is 651. The number of nitrogens with one attached hydrogen (secondary N) is 1. The van der Waals surface area contributed by atoms with E-state index in [1.807, 2.05) is 10.7 Å². The number of ether oxygens (including phenoxy) is 1. The largest absolute Gasteiger partial charge is 0.381 e. The third kappa shape index (κ3) is 2.29. The van der Waals surface area contributed by atoms with Gasteiger partial charge in [0.25, 0.3) is 0 Å². The van der Waals surface area contributed by atoms with Gasteiger partial charge in [-0.1, -0.05) is 12.1 Å². The fourth-order valence-electron chi connectivity index (χ4n) is 3.05. The average molecular weight is 288 g/mol. The zero-order valence-electron chi connectivity index (χ0n) is 11.6. The summed E-state index contributed by atoms with van der Waals surface area (Å²) >= 11 is 0. The molecule has 1 aromatic carbocycles. The molecule has 6 heteroatoms. The van der Waals surface area contributed by atoms with Crippen molar-refractivity contribution in [3.05, 3.63) is 41.5 Å². The van der Waals surface area contributed by atoms with E-state index in [1.54, 1.807) is 12.1 Å². The number of benzene rings is 1. The lowest BCUT2D eigenvalue weighted by Gasteiger charge is -2.24. The van der Waals surface area contributed by atoms with Gasteiger partial charge in [-0.3, -0.25) is 0 Å². The maximum absolute atomic E-state index is 13.5. The smallest absolute Gasteiger partial charge is 0.221 e. The molecular formula is C15H17FN4O. The van der Waals surface area contributed by atoms with Crippen molar-refractivity contribution in [1.29, 1.82) is 0 Å². The summed E-state index contributed by atoms with van der Waals surface area (Å²) in [6.07, 6.45) is 1.84.